The highest BCUT2D eigenvalue weighted by Gasteiger charge is 2.25. The van der Waals surface area contributed by atoms with E-state index in [0.29, 0.717) is 0 Å². The summed E-state index contributed by atoms with van der Waals surface area (Å²) >= 11 is 0. The molecule has 0 N–H and O–H groups in total. The zero-order valence-corrected chi connectivity index (χ0v) is 11.4. The fourth-order valence-electron chi connectivity index (χ4n) is 1.52. The number of hydrogen-bond donors (Lipinski definition) is 0. The van der Waals surface area contributed by atoms with Crippen LogP contribution in [-0.2, 0) is 0 Å². The van der Waals surface area contributed by atoms with E-state index in [1.165, 1.54) is 13.0 Å². The SMILES string of the molecule is C=C[SiH](C)N(CCC)[Si](C)(C)C. The fourth-order valence-corrected chi connectivity index (χ4v) is 8.54. The molecule has 0 spiro atoms. The van der Waals surface area contributed by atoms with Crippen LogP contribution in [0.15, 0.2) is 12.3 Å². The largest absolute Gasteiger partial charge is 0.345 e. The van der Waals surface area contributed by atoms with Crippen LogP contribution in [0.25, 0.3) is 0 Å². The van der Waals surface area contributed by atoms with Gasteiger partial charge in [0.15, 0.2) is 0 Å². The first-order valence-corrected chi connectivity index (χ1v) is 10.6. The molecule has 0 amide bonds. The molecule has 0 aliphatic carbocycles. The minimum absolute atomic E-state index is 0.780. The van der Waals surface area contributed by atoms with Crippen LogP contribution in [-0.4, -0.2) is 28.0 Å². The normalized spacial score (nSPS) is 14.8. The summed E-state index contributed by atoms with van der Waals surface area (Å²) < 4.78 is 2.75. The van der Waals surface area contributed by atoms with Crippen molar-refractivity contribution in [2.75, 3.05) is 6.54 Å². The Morgan fingerprint density at radius 2 is 1.92 bits per heavy atom. The maximum Gasteiger partial charge on any atom is 0.126 e. The van der Waals surface area contributed by atoms with Crippen molar-refractivity contribution in [1.82, 2.24) is 4.23 Å². The maximum atomic E-state index is 3.92. The van der Waals surface area contributed by atoms with Crippen LogP contribution < -0.4 is 0 Å². The van der Waals surface area contributed by atoms with Gasteiger partial charge in [0.1, 0.15) is 17.2 Å². The van der Waals surface area contributed by atoms with Gasteiger partial charge in [-0.25, -0.2) is 0 Å². The van der Waals surface area contributed by atoms with Crippen molar-refractivity contribution < 1.29 is 0 Å². The molecular weight excluding hydrogens is 178 g/mol. The van der Waals surface area contributed by atoms with Gasteiger partial charge >= 0.3 is 0 Å². The molecule has 0 saturated heterocycles. The molecule has 1 nitrogen and oxygen atoms in total. The highest BCUT2D eigenvalue weighted by Crippen LogP contribution is 2.12. The van der Waals surface area contributed by atoms with E-state index in [1.807, 2.05) is 0 Å². The third-order valence-electron chi connectivity index (χ3n) is 2.16. The second-order valence-electron chi connectivity index (χ2n) is 4.34. The first-order chi connectivity index (χ1) is 5.43. The highest BCUT2D eigenvalue weighted by molar-refractivity contribution is 6.84. The van der Waals surface area contributed by atoms with Crippen molar-refractivity contribution >= 4 is 17.2 Å². The van der Waals surface area contributed by atoms with E-state index >= 15 is 0 Å². The molecule has 0 radical (unpaired) electrons. The van der Waals surface area contributed by atoms with Gasteiger partial charge in [-0.2, -0.15) is 0 Å². The maximum absolute atomic E-state index is 3.92. The van der Waals surface area contributed by atoms with Crippen LogP contribution in [0.3, 0.4) is 0 Å². The Balaban J connectivity index is 4.32. The highest BCUT2D eigenvalue weighted by atomic mass is 28.4. The van der Waals surface area contributed by atoms with E-state index in [4.69, 9.17) is 0 Å². The quantitative estimate of drug-likeness (QED) is 0.618. The Bertz CT molecular complexity index is 140. The topological polar surface area (TPSA) is 3.24 Å². The lowest BCUT2D eigenvalue weighted by Crippen LogP contribution is -2.52. The molecule has 0 aliphatic heterocycles. The van der Waals surface area contributed by atoms with Crippen molar-refractivity contribution in [3.05, 3.63) is 12.3 Å². The molecule has 0 saturated carbocycles. The number of nitrogens with zero attached hydrogens (tertiary/aromatic N) is 1. The molecule has 0 aromatic heterocycles. The van der Waals surface area contributed by atoms with Crippen LogP contribution in [0.5, 0.6) is 0 Å². The van der Waals surface area contributed by atoms with Crippen LogP contribution in [0.4, 0.5) is 0 Å². The lowest BCUT2D eigenvalue weighted by atomic mass is 10.5. The molecule has 72 valence electrons. The second kappa shape index (κ2) is 4.99. The van der Waals surface area contributed by atoms with E-state index in [2.05, 4.69) is 49.6 Å². The van der Waals surface area contributed by atoms with E-state index < -0.39 is 17.2 Å². The molecule has 0 rings (SSSR count). The first kappa shape index (κ1) is 12.1. The predicted octanol–water partition coefficient (Wildman–Crippen LogP) is 2.61. The molecule has 12 heavy (non-hydrogen) atoms. The van der Waals surface area contributed by atoms with Crippen LogP contribution in [0.1, 0.15) is 13.3 Å². The summed E-state index contributed by atoms with van der Waals surface area (Å²) in [4.78, 5) is 0. The van der Waals surface area contributed by atoms with Gasteiger partial charge in [0.25, 0.3) is 0 Å². The van der Waals surface area contributed by atoms with Gasteiger partial charge in [-0.3, -0.25) is 0 Å². The lowest BCUT2D eigenvalue weighted by Gasteiger charge is -2.37. The smallest absolute Gasteiger partial charge is 0.126 e. The van der Waals surface area contributed by atoms with Gasteiger partial charge in [-0.1, -0.05) is 38.8 Å². The second-order valence-corrected chi connectivity index (χ2v) is 12.3. The van der Waals surface area contributed by atoms with Gasteiger partial charge in [0.05, 0.1) is 0 Å². The molecule has 0 fully saturated rings. The zero-order valence-electron chi connectivity index (χ0n) is 9.22. The molecule has 1 unspecified atom stereocenters. The first-order valence-electron chi connectivity index (χ1n) is 4.82. The average Bonchev–Trinajstić information content (AvgIpc) is 1.96. The van der Waals surface area contributed by atoms with Crippen molar-refractivity contribution in [2.45, 2.75) is 39.5 Å². The minimum Gasteiger partial charge on any atom is -0.345 e. The van der Waals surface area contributed by atoms with Crippen molar-refractivity contribution in [1.29, 1.82) is 0 Å². The molecule has 3 heteroatoms. The average molecular weight is 201 g/mol. The monoisotopic (exact) mass is 201 g/mol. The Hall–Kier alpha value is 0.134. The Kier molecular flexibility index (Phi) is 5.05. The van der Waals surface area contributed by atoms with E-state index in [-0.39, 0.29) is 0 Å². The third-order valence-corrected chi connectivity index (χ3v) is 9.58. The number of rotatable bonds is 5. The molecule has 0 aliphatic rings. The summed E-state index contributed by atoms with van der Waals surface area (Å²) in [5.41, 5.74) is 2.19. The van der Waals surface area contributed by atoms with Crippen molar-refractivity contribution in [3.8, 4) is 0 Å². The van der Waals surface area contributed by atoms with E-state index in [9.17, 15) is 0 Å². The van der Waals surface area contributed by atoms with Gasteiger partial charge < -0.3 is 4.23 Å². The van der Waals surface area contributed by atoms with Gasteiger partial charge in [-0.05, 0) is 13.0 Å². The van der Waals surface area contributed by atoms with Gasteiger partial charge in [-0.15, -0.1) is 6.58 Å². The molecule has 0 bridgehead atoms. The van der Waals surface area contributed by atoms with Gasteiger partial charge in [0.2, 0.25) is 0 Å². The summed E-state index contributed by atoms with van der Waals surface area (Å²) in [5.74, 6) is 0. The summed E-state index contributed by atoms with van der Waals surface area (Å²) in [7, 11) is -1.85. The third kappa shape index (κ3) is 3.69. The van der Waals surface area contributed by atoms with Crippen LogP contribution in [0, 0.1) is 0 Å². The fraction of sp³-hybridized carbons (Fsp3) is 0.778. The summed E-state index contributed by atoms with van der Waals surface area (Å²) in [5, 5.41) is 0. The summed E-state index contributed by atoms with van der Waals surface area (Å²) in [6.07, 6.45) is 1.27. The van der Waals surface area contributed by atoms with Crippen molar-refractivity contribution in [3.63, 3.8) is 0 Å². The Labute approximate surface area is 80.2 Å². The standard InChI is InChI=1S/C9H23NSi2/c1-7-9-10(11(3)8-2)12(4,5)6/h8,11H,2,7,9H2,1,3-6H3. The molecule has 1 atom stereocenters. The lowest BCUT2D eigenvalue weighted by molar-refractivity contribution is 0.619. The van der Waals surface area contributed by atoms with Crippen molar-refractivity contribution in [2.24, 2.45) is 0 Å². The zero-order chi connectivity index (χ0) is 9.78. The van der Waals surface area contributed by atoms with Crippen LogP contribution in [0.2, 0.25) is 26.2 Å². The van der Waals surface area contributed by atoms with Gasteiger partial charge in [0, 0.05) is 0 Å². The molecule has 0 aromatic carbocycles. The summed E-state index contributed by atoms with van der Waals surface area (Å²) in [6, 6.07) is 0. The van der Waals surface area contributed by atoms with E-state index in [1.54, 1.807) is 0 Å². The molecular formula is C9H23NSi2. The minimum atomic E-state index is -1.07. The molecule has 0 heterocycles. The molecule has 0 aromatic rings. The predicted molar refractivity (Wildman–Crippen MR) is 63.6 cm³/mol. The number of hydrogen-bond acceptors (Lipinski definition) is 1. The summed E-state index contributed by atoms with van der Waals surface area (Å²) in [6.45, 7) is 17.1. The Morgan fingerprint density at radius 3 is 2.17 bits per heavy atom. The van der Waals surface area contributed by atoms with E-state index in [0.717, 1.165) is 0 Å². The Morgan fingerprint density at radius 1 is 1.42 bits per heavy atom. The van der Waals surface area contributed by atoms with Crippen LogP contribution >= 0.6 is 0 Å².